The maximum absolute atomic E-state index is 13.4. The molecule has 5 heteroatoms. The molecule has 0 bridgehead atoms. The zero-order valence-electron chi connectivity index (χ0n) is 12.1. The van der Waals surface area contributed by atoms with Crippen LogP contribution < -0.4 is 0 Å². The number of nitrogens with zero attached hydrogens (tertiary/aromatic N) is 3. The van der Waals surface area contributed by atoms with Crippen molar-refractivity contribution in [2.24, 2.45) is 7.05 Å². The highest BCUT2D eigenvalue weighted by atomic mass is 19.1. The Labute approximate surface area is 123 Å². The van der Waals surface area contributed by atoms with Gasteiger partial charge < -0.3 is 5.11 Å². The molecule has 3 rings (SSSR count). The zero-order valence-corrected chi connectivity index (χ0v) is 12.1. The second-order valence-corrected chi connectivity index (χ2v) is 5.65. The van der Waals surface area contributed by atoms with Crippen LogP contribution in [0.25, 0.3) is 0 Å². The summed E-state index contributed by atoms with van der Waals surface area (Å²) in [5, 5.41) is 14.1. The van der Waals surface area contributed by atoms with Crippen LogP contribution in [0.1, 0.15) is 23.7 Å². The van der Waals surface area contributed by atoms with Crippen LogP contribution in [0.2, 0.25) is 0 Å². The number of hydrogen-bond donors (Lipinski definition) is 1. The maximum atomic E-state index is 13.4. The lowest BCUT2D eigenvalue weighted by atomic mass is 10.0. The molecule has 2 heterocycles. The first-order valence-corrected chi connectivity index (χ1v) is 7.28. The fourth-order valence-corrected chi connectivity index (χ4v) is 3.09. The Balaban J connectivity index is 1.72. The van der Waals surface area contributed by atoms with Gasteiger partial charge in [0.1, 0.15) is 5.82 Å². The van der Waals surface area contributed by atoms with Gasteiger partial charge in [0.25, 0.3) is 0 Å². The third-order valence-electron chi connectivity index (χ3n) is 4.19. The van der Waals surface area contributed by atoms with Crippen LogP contribution in [0, 0.1) is 5.82 Å². The summed E-state index contributed by atoms with van der Waals surface area (Å²) in [6.07, 6.45) is 2.98. The normalized spacial score (nSPS) is 22.8. The summed E-state index contributed by atoms with van der Waals surface area (Å²) < 4.78 is 15.3. The van der Waals surface area contributed by atoms with E-state index in [2.05, 4.69) is 10.00 Å². The van der Waals surface area contributed by atoms with Crippen molar-refractivity contribution in [1.82, 2.24) is 14.7 Å². The van der Waals surface area contributed by atoms with Crippen LogP contribution in [0.5, 0.6) is 0 Å². The molecule has 1 N–H and O–H groups in total. The number of aliphatic hydroxyl groups excluding tert-OH is 1. The van der Waals surface area contributed by atoms with Crippen LogP contribution in [0.3, 0.4) is 0 Å². The highest BCUT2D eigenvalue weighted by molar-refractivity contribution is 5.22. The fourth-order valence-electron chi connectivity index (χ4n) is 3.09. The molecule has 0 aliphatic carbocycles. The molecule has 1 aliphatic rings. The highest BCUT2D eigenvalue weighted by Gasteiger charge is 2.31. The van der Waals surface area contributed by atoms with Gasteiger partial charge in [0, 0.05) is 44.5 Å². The minimum atomic E-state index is -0.343. The Hall–Kier alpha value is -1.72. The first-order valence-electron chi connectivity index (χ1n) is 7.28. The van der Waals surface area contributed by atoms with Gasteiger partial charge in [-0.1, -0.05) is 12.1 Å². The molecular weight excluding hydrogens is 269 g/mol. The van der Waals surface area contributed by atoms with E-state index in [-0.39, 0.29) is 18.0 Å². The summed E-state index contributed by atoms with van der Waals surface area (Å²) in [7, 11) is 1.93. The number of aliphatic hydroxyl groups is 1. The second kappa shape index (κ2) is 5.95. The highest BCUT2D eigenvalue weighted by Crippen LogP contribution is 2.32. The number of aromatic nitrogens is 2. The first-order chi connectivity index (χ1) is 10.1. The Morgan fingerprint density at radius 2 is 2.24 bits per heavy atom. The molecule has 0 spiro atoms. The van der Waals surface area contributed by atoms with Crippen LogP contribution in [-0.2, 0) is 13.5 Å². The second-order valence-electron chi connectivity index (χ2n) is 5.65. The standard InChI is InChI=1S/C16H20FN3O/c1-19-14(5-7-18-19)6-8-20-11-15(21)10-16(20)12-3-2-4-13(17)9-12/h2-5,7,9,15-16,21H,6,8,10-11H2,1H3/t15-,16+/m1/s1. The van der Waals surface area contributed by atoms with E-state index in [1.54, 1.807) is 18.3 Å². The van der Waals surface area contributed by atoms with Crippen LogP contribution in [0.15, 0.2) is 36.5 Å². The van der Waals surface area contributed by atoms with Crippen molar-refractivity contribution in [3.05, 3.63) is 53.6 Å². The predicted octanol–water partition coefficient (Wildman–Crippen LogP) is 1.91. The third kappa shape index (κ3) is 3.14. The molecular formula is C16H20FN3O. The van der Waals surface area contributed by atoms with Crippen molar-refractivity contribution in [2.75, 3.05) is 13.1 Å². The van der Waals surface area contributed by atoms with Crippen LogP contribution in [0.4, 0.5) is 4.39 Å². The van der Waals surface area contributed by atoms with Gasteiger partial charge in [-0.05, 0) is 30.2 Å². The van der Waals surface area contributed by atoms with E-state index in [0.717, 1.165) is 24.2 Å². The molecule has 112 valence electrons. The molecule has 1 aliphatic heterocycles. The fraction of sp³-hybridized carbons (Fsp3) is 0.438. The largest absolute Gasteiger partial charge is 0.392 e. The lowest BCUT2D eigenvalue weighted by molar-refractivity contribution is 0.175. The van der Waals surface area contributed by atoms with Crippen molar-refractivity contribution in [3.8, 4) is 0 Å². The summed E-state index contributed by atoms with van der Waals surface area (Å²) in [5.74, 6) is -0.222. The molecule has 0 unspecified atom stereocenters. The minimum absolute atomic E-state index is 0.0870. The number of β-amino-alcohol motifs (C(OH)–C–C–N with tert-alkyl or cyclic N) is 1. The van der Waals surface area contributed by atoms with Gasteiger partial charge in [0.05, 0.1) is 6.10 Å². The van der Waals surface area contributed by atoms with E-state index in [4.69, 9.17) is 0 Å². The molecule has 1 aromatic carbocycles. The van der Waals surface area contributed by atoms with Gasteiger partial charge >= 0.3 is 0 Å². The molecule has 0 saturated carbocycles. The first kappa shape index (κ1) is 14.2. The van der Waals surface area contributed by atoms with E-state index in [9.17, 15) is 9.50 Å². The van der Waals surface area contributed by atoms with Gasteiger partial charge in [0.15, 0.2) is 0 Å². The van der Waals surface area contributed by atoms with Crippen LogP contribution >= 0.6 is 0 Å². The number of benzene rings is 1. The average molecular weight is 289 g/mol. The monoisotopic (exact) mass is 289 g/mol. The van der Waals surface area contributed by atoms with Crippen molar-refractivity contribution >= 4 is 0 Å². The van der Waals surface area contributed by atoms with Crippen LogP contribution in [-0.4, -0.2) is 39.0 Å². The van der Waals surface area contributed by atoms with E-state index in [1.807, 2.05) is 23.9 Å². The number of hydrogen-bond acceptors (Lipinski definition) is 3. The Morgan fingerprint density at radius 1 is 1.38 bits per heavy atom. The van der Waals surface area contributed by atoms with Crippen molar-refractivity contribution in [3.63, 3.8) is 0 Å². The number of rotatable bonds is 4. The maximum Gasteiger partial charge on any atom is 0.123 e. The Kier molecular flexibility index (Phi) is 4.03. The quantitative estimate of drug-likeness (QED) is 0.935. The SMILES string of the molecule is Cn1nccc1CCN1C[C@H](O)C[C@H]1c1cccc(F)c1. The number of halogens is 1. The molecule has 1 aromatic heterocycles. The van der Waals surface area contributed by atoms with Crippen molar-refractivity contribution < 1.29 is 9.50 Å². The summed E-state index contributed by atoms with van der Waals surface area (Å²) >= 11 is 0. The lowest BCUT2D eigenvalue weighted by Crippen LogP contribution is -2.27. The average Bonchev–Trinajstić information content (AvgIpc) is 3.02. The van der Waals surface area contributed by atoms with Crippen molar-refractivity contribution in [2.45, 2.75) is 25.0 Å². The molecule has 1 fully saturated rings. The topological polar surface area (TPSA) is 41.3 Å². The molecule has 2 atom stereocenters. The lowest BCUT2D eigenvalue weighted by Gasteiger charge is -2.24. The summed E-state index contributed by atoms with van der Waals surface area (Å²) in [4.78, 5) is 2.23. The molecule has 4 nitrogen and oxygen atoms in total. The minimum Gasteiger partial charge on any atom is -0.392 e. The smallest absolute Gasteiger partial charge is 0.123 e. The van der Waals surface area contributed by atoms with E-state index < -0.39 is 0 Å². The molecule has 1 saturated heterocycles. The zero-order chi connectivity index (χ0) is 14.8. The third-order valence-corrected chi connectivity index (χ3v) is 4.19. The van der Waals surface area contributed by atoms with Gasteiger partial charge in [-0.15, -0.1) is 0 Å². The molecule has 0 radical (unpaired) electrons. The Morgan fingerprint density at radius 3 is 2.95 bits per heavy atom. The van der Waals surface area contributed by atoms with Gasteiger partial charge in [-0.25, -0.2) is 4.39 Å². The van der Waals surface area contributed by atoms with E-state index >= 15 is 0 Å². The molecule has 2 aromatic rings. The Bertz CT molecular complexity index is 613. The van der Waals surface area contributed by atoms with E-state index in [0.29, 0.717) is 13.0 Å². The van der Waals surface area contributed by atoms with Gasteiger partial charge in [-0.2, -0.15) is 5.10 Å². The summed E-state index contributed by atoms with van der Waals surface area (Å²) in [6, 6.07) is 8.78. The van der Waals surface area contributed by atoms with Gasteiger partial charge in [-0.3, -0.25) is 9.58 Å². The number of likely N-dealkylation sites (tertiary alicyclic amines) is 1. The number of aryl methyl sites for hydroxylation is 1. The van der Waals surface area contributed by atoms with Crippen molar-refractivity contribution in [1.29, 1.82) is 0 Å². The molecule has 0 amide bonds. The molecule has 21 heavy (non-hydrogen) atoms. The van der Waals surface area contributed by atoms with E-state index in [1.165, 1.54) is 6.07 Å². The predicted molar refractivity (Wildman–Crippen MR) is 78.2 cm³/mol. The summed E-state index contributed by atoms with van der Waals surface area (Å²) in [5.41, 5.74) is 2.10. The van der Waals surface area contributed by atoms with Gasteiger partial charge in [0.2, 0.25) is 0 Å². The summed E-state index contributed by atoms with van der Waals surface area (Å²) in [6.45, 7) is 1.47.